The highest BCUT2D eigenvalue weighted by Gasteiger charge is 2.53. The first-order chi connectivity index (χ1) is 14.5. The maximum atomic E-state index is 13.1. The average molecular weight is 449 g/mol. The van der Waals surface area contributed by atoms with Crippen LogP contribution in [0.2, 0.25) is 0 Å². The van der Waals surface area contributed by atoms with E-state index >= 15 is 0 Å². The van der Waals surface area contributed by atoms with Crippen molar-refractivity contribution in [3.63, 3.8) is 0 Å². The van der Waals surface area contributed by atoms with Gasteiger partial charge in [0.25, 0.3) is 0 Å². The molecule has 0 saturated carbocycles. The van der Waals surface area contributed by atoms with Crippen LogP contribution in [0.4, 0.5) is 5.69 Å². The van der Waals surface area contributed by atoms with E-state index in [9.17, 15) is 8.42 Å². The van der Waals surface area contributed by atoms with E-state index in [4.69, 9.17) is 14.2 Å². The van der Waals surface area contributed by atoms with Crippen LogP contribution in [0, 0.1) is 0 Å². The molecule has 3 heterocycles. The van der Waals surface area contributed by atoms with Crippen molar-refractivity contribution in [2.24, 2.45) is 0 Å². The van der Waals surface area contributed by atoms with E-state index in [1.54, 1.807) is 29.6 Å². The summed E-state index contributed by atoms with van der Waals surface area (Å²) in [6, 6.07) is 13.1. The fourth-order valence-corrected chi connectivity index (χ4v) is 7.54. The molecule has 9 heteroatoms. The van der Waals surface area contributed by atoms with Crippen molar-refractivity contribution in [1.82, 2.24) is 4.31 Å². The Morgan fingerprint density at radius 1 is 1.10 bits per heavy atom. The number of thioether (sulfide) groups is 1. The monoisotopic (exact) mass is 448 g/mol. The van der Waals surface area contributed by atoms with Gasteiger partial charge in [0.05, 0.1) is 12.0 Å². The second-order valence-electron chi connectivity index (χ2n) is 7.85. The molecule has 3 aliphatic rings. The first-order valence-corrected chi connectivity index (χ1v) is 12.3. The summed E-state index contributed by atoms with van der Waals surface area (Å²) < 4.78 is 43.9. The number of ether oxygens (including phenoxy) is 3. The van der Waals surface area contributed by atoms with Gasteiger partial charge < -0.3 is 19.5 Å². The lowest BCUT2D eigenvalue weighted by atomic mass is 9.94. The van der Waals surface area contributed by atoms with Crippen LogP contribution >= 0.6 is 11.8 Å². The number of fused-ring (bicyclic) bond motifs is 1. The van der Waals surface area contributed by atoms with Crippen molar-refractivity contribution in [1.29, 1.82) is 0 Å². The minimum absolute atomic E-state index is 0.00890. The van der Waals surface area contributed by atoms with Crippen molar-refractivity contribution < 1.29 is 22.6 Å². The standard InChI is InChI=1S/C21H24N2O5S2/c1-26-17-4-2-15(3-5-17)22-16-11-21(29-12-16)13-23(14-21)30(24,25)18-6-7-19-20(10-18)28-9-8-27-19/h2-7,10,16,22H,8-9,11-14H2,1H3. The molecule has 1 N–H and O–H groups in total. The number of anilines is 1. The molecule has 2 aromatic rings. The maximum Gasteiger partial charge on any atom is 0.243 e. The second-order valence-corrected chi connectivity index (χ2v) is 11.3. The van der Waals surface area contributed by atoms with Gasteiger partial charge in [0.2, 0.25) is 10.0 Å². The van der Waals surface area contributed by atoms with Gasteiger partial charge >= 0.3 is 0 Å². The first kappa shape index (κ1) is 19.8. The van der Waals surface area contributed by atoms with Crippen LogP contribution in [0.25, 0.3) is 0 Å². The number of methoxy groups -OCH3 is 1. The normalized spacial score (nSPS) is 22.5. The van der Waals surface area contributed by atoms with E-state index < -0.39 is 10.0 Å². The van der Waals surface area contributed by atoms with E-state index in [0.29, 0.717) is 43.8 Å². The van der Waals surface area contributed by atoms with E-state index in [0.717, 1.165) is 23.6 Å². The molecule has 0 bridgehead atoms. The van der Waals surface area contributed by atoms with Crippen LogP contribution in [0.1, 0.15) is 6.42 Å². The van der Waals surface area contributed by atoms with Crippen molar-refractivity contribution in [2.45, 2.75) is 22.1 Å². The molecular formula is C21H24N2O5S2. The Bertz CT molecular complexity index is 1040. The summed E-state index contributed by atoms with van der Waals surface area (Å²) in [5.41, 5.74) is 1.05. The number of benzene rings is 2. The van der Waals surface area contributed by atoms with Gasteiger partial charge in [-0.2, -0.15) is 16.1 Å². The van der Waals surface area contributed by atoms with Crippen LogP contribution in [0.5, 0.6) is 17.2 Å². The highest BCUT2D eigenvalue weighted by molar-refractivity contribution is 8.01. The van der Waals surface area contributed by atoms with Crippen LogP contribution in [0.3, 0.4) is 0 Å². The number of nitrogens with zero attached hydrogens (tertiary/aromatic N) is 1. The summed E-state index contributed by atoms with van der Waals surface area (Å²) in [6.07, 6.45) is 0.941. The van der Waals surface area contributed by atoms with Crippen molar-refractivity contribution in [2.75, 3.05) is 44.5 Å². The minimum Gasteiger partial charge on any atom is -0.497 e. The fraction of sp³-hybridized carbons (Fsp3) is 0.429. The largest absolute Gasteiger partial charge is 0.497 e. The molecule has 5 rings (SSSR count). The summed E-state index contributed by atoms with van der Waals surface area (Å²) in [5, 5.41) is 3.56. The summed E-state index contributed by atoms with van der Waals surface area (Å²) in [5.74, 6) is 2.89. The van der Waals surface area contributed by atoms with Gasteiger partial charge in [0.15, 0.2) is 11.5 Å². The lowest BCUT2D eigenvalue weighted by Crippen LogP contribution is -2.60. The summed E-state index contributed by atoms with van der Waals surface area (Å²) in [6.45, 7) is 1.99. The molecule has 1 unspecified atom stereocenters. The topological polar surface area (TPSA) is 77.1 Å². The van der Waals surface area contributed by atoms with Gasteiger partial charge in [-0.1, -0.05) is 0 Å². The molecule has 0 amide bonds. The Hall–Kier alpha value is -2.10. The Morgan fingerprint density at radius 3 is 2.57 bits per heavy atom. The van der Waals surface area contributed by atoms with Gasteiger partial charge in [0, 0.05) is 41.4 Å². The summed E-state index contributed by atoms with van der Waals surface area (Å²) in [7, 11) is -1.88. The van der Waals surface area contributed by atoms with Crippen molar-refractivity contribution in [3.05, 3.63) is 42.5 Å². The van der Waals surface area contributed by atoms with Gasteiger partial charge in [-0.05, 0) is 42.8 Å². The second kappa shape index (κ2) is 7.55. The average Bonchev–Trinajstić information content (AvgIpc) is 3.17. The number of nitrogens with one attached hydrogen (secondary N) is 1. The number of hydrogen-bond donors (Lipinski definition) is 1. The fourth-order valence-electron chi connectivity index (χ4n) is 4.18. The van der Waals surface area contributed by atoms with Gasteiger partial charge in [0.1, 0.15) is 19.0 Å². The van der Waals surface area contributed by atoms with Crippen LogP contribution in [-0.2, 0) is 10.0 Å². The van der Waals surface area contributed by atoms with Crippen LogP contribution in [-0.4, -0.2) is 62.7 Å². The molecule has 2 aromatic carbocycles. The highest BCUT2D eigenvalue weighted by atomic mass is 32.2. The van der Waals surface area contributed by atoms with E-state index in [-0.39, 0.29) is 9.64 Å². The molecule has 2 saturated heterocycles. The SMILES string of the molecule is COc1ccc(NC2CSC3(C2)CN(S(=O)(=O)c2ccc4c(c2)OCCO4)C3)cc1. The minimum atomic E-state index is -3.53. The van der Waals surface area contributed by atoms with Gasteiger partial charge in [-0.15, -0.1) is 0 Å². The Morgan fingerprint density at radius 2 is 1.83 bits per heavy atom. The van der Waals surface area contributed by atoms with Gasteiger partial charge in [-0.3, -0.25) is 0 Å². The van der Waals surface area contributed by atoms with Crippen LogP contribution < -0.4 is 19.5 Å². The lowest BCUT2D eigenvalue weighted by molar-refractivity contribution is 0.171. The molecule has 7 nitrogen and oxygen atoms in total. The molecule has 2 fully saturated rings. The third kappa shape index (κ3) is 3.59. The first-order valence-electron chi connectivity index (χ1n) is 9.92. The van der Waals surface area contributed by atoms with Crippen LogP contribution in [0.15, 0.2) is 47.4 Å². The zero-order chi connectivity index (χ0) is 20.8. The van der Waals surface area contributed by atoms with E-state index in [1.807, 2.05) is 36.0 Å². The molecule has 1 spiro atoms. The zero-order valence-corrected chi connectivity index (χ0v) is 18.3. The van der Waals surface area contributed by atoms with E-state index in [1.165, 1.54) is 0 Å². The predicted molar refractivity (Wildman–Crippen MR) is 116 cm³/mol. The predicted octanol–water partition coefficient (Wildman–Crippen LogP) is 2.83. The Labute approximate surface area is 180 Å². The third-order valence-electron chi connectivity index (χ3n) is 5.75. The van der Waals surface area contributed by atoms with E-state index in [2.05, 4.69) is 5.32 Å². The Kier molecular flexibility index (Phi) is 4.99. The Balaban J connectivity index is 1.22. The number of hydrogen-bond acceptors (Lipinski definition) is 7. The molecule has 1 atom stereocenters. The van der Waals surface area contributed by atoms with Crippen molar-refractivity contribution in [3.8, 4) is 17.2 Å². The highest BCUT2D eigenvalue weighted by Crippen LogP contribution is 2.48. The molecule has 0 radical (unpaired) electrons. The molecule has 160 valence electrons. The molecular weight excluding hydrogens is 424 g/mol. The summed E-state index contributed by atoms with van der Waals surface area (Å²) >= 11 is 1.87. The smallest absolute Gasteiger partial charge is 0.243 e. The molecule has 30 heavy (non-hydrogen) atoms. The zero-order valence-electron chi connectivity index (χ0n) is 16.7. The number of sulfonamides is 1. The van der Waals surface area contributed by atoms with Gasteiger partial charge in [-0.25, -0.2) is 8.42 Å². The molecule has 0 aromatic heterocycles. The number of rotatable bonds is 5. The van der Waals surface area contributed by atoms with Crippen molar-refractivity contribution >= 4 is 27.5 Å². The maximum absolute atomic E-state index is 13.1. The molecule has 3 aliphatic heterocycles. The summed E-state index contributed by atoms with van der Waals surface area (Å²) in [4.78, 5) is 0.262. The molecule has 0 aliphatic carbocycles. The third-order valence-corrected chi connectivity index (χ3v) is 9.14. The lowest BCUT2D eigenvalue weighted by Gasteiger charge is -2.46. The quantitative estimate of drug-likeness (QED) is 0.754.